The van der Waals surface area contributed by atoms with E-state index in [4.69, 9.17) is 4.74 Å². The van der Waals surface area contributed by atoms with E-state index < -0.39 is 28.5 Å². The number of likely N-dealkylation sites (N-methyl/N-ethyl adjacent to an activating group) is 1. The number of hydrogen-bond acceptors (Lipinski definition) is 5. The number of rotatable bonds is 13. The van der Waals surface area contributed by atoms with Crippen LogP contribution in [0.4, 0.5) is 5.69 Å². The first-order valence-electron chi connectivity index (χ1n) is 13.6. The molecule has 0 bridgehead atoms. The lowest BCUT2D eigenvalue weighted by molar-refractivity contribution is -0.140. The fourth-order valence-electron chi connectivity index (χ4n) is 4.34. The molecule has 0 heterocycles. The highest BCUT2D eigenvalue weighted by molar-refractivity contribution is 7.92. The van der Waals surface area contributed by atoms with Crippen LogP contribution in [-0.4, -0.2) is 50.9 Å². The molecule has 3 aromatic rings. The number of benzene rings is 3. The van der Waals surface area contributed by atoms with Crippen LogP contribution in [0.1, 0.15) is 43.9 Å². The number of anilines is 1. The SMILES string of the molecule is CCNC(=O)[C@H](CC)N(Cc1ccc(C)cc1)C(=O)CN(c1ccc(OCC)cc1)S(=O)(=O)c1ccc(C)cc1. The summed E-state index contributed by atoms with van der Waals surface area (Å²) in [7, 11) is -4.12. The smallest absolute Gasteiger partial charge is 0.264 e. The van der Waals surface area contributed by atoms with E-state index in [1.165, 1.54) is 17.0 Å². The first-order valence-corrected chi connectivity index (χ1v) is 15.0. The van der Waals surface area contributed by atoms with E-state index in [1.807, 2.05) is 58.9 Å². The van der Waals surface area contributed by atoms with Gasteiger partial charge in [0.2, 0.25) is 11.8 Å². The van der Waals surface area contributed by atoms with Crippen molar-refractivity contribution in [2.75, 3.05) is 24.0 Å². The van der Waals surface area contributed by atoms with E-state index in [1.54, 1.807) is 36.4 Å². The molecule has 2 amide bonds. The largest absolute Gasteiger partial charge is 0.494 e. The monoisotopic (exact) mass is 565 g/mol. The molecule has 40 heavy (non-hydrogen) atoms. The molecule has 214 valence electrons. The molecular formula is C31H39N3O5S. The fourth-order valence-corrected chi connectivity index (χ4v) is 5.76. The molecule has 8 nitrogen and oxygen atoms in total. The topological polar surface area (TPSA) is 96.0 Å². The van der Waals surface area contributed by atoms with Crippen LogP contribution in [0.25, 0.3) is 0 Å². The van der Waals surface area contributed by atoms with Gasteiger partial charge in [-0.3, -0.25) is 13.9 Å². The van der Waals surface area contributed by atoms with Crippen molar-refractivity contribution in [1.29, 1.82) is 0 Å². The highest BCUT2D eigenvalue weighted by Gasteiger charge is 2.33. The van der Waals surface area contributed by atoms with E-state index in [9.17, 15) is 18.0 Å². The van der Waals surface area contributed by atoms with Gasteiger partial charge in [0.25, 0.3) is 10.0 Å². The quantitative estimate of drug-likeness (QED) is 0.320. The molecule has 0 radical (unpaired) electrons. The Labute approximate surface area is 238 Å². The average molecular weight is 566 g/mol. The molecule has 0 saturated carbocycles. The molecule has 1 atom stereocenters. The van der Waals surface area contributed by atoms with E-state index in [2.05, 4.69) is 5.32 Å². The number of aryl methyl sites for hydroxylation is 2. The van der Waals surface area contributed by atoms with Crippen LogP contribution in [0.5, 0.6) is 5.75 Å². The molecule has 0 aliphatic carbocycles. The summed E-state index contributed by atoms with van der Waals surface area (Å²) in [5.74, 6) is -0.170. The molecule has 0 unspecified atom stereocenters. The van der Waals surface area contributed by atoms with Crippen LogP contribution in [0.3, 0.4) is 0 Å². The summed E-state index contributed by atoms with van der Waals surface area (Å²) in [6.45, 7) is 9.93. The van der Waals surface area contributed by atoms with Crippen LogP contribution in [0.2, 0.25) is 0 Å². The molecule has 0 aromatic heterocycles. The summed E-state index contributed by atoms with van der Waals surface area (Å²) >= 11 is 0. The summed E-state index contributed by atoms with van der Waals surface area (Å²) in [4.78, 5) is 28.6. The second-order valence-electron chi connectivity index (χ2n) is 9.58. The van der Waals surface area contributed by atoms with Gasteiger partial charge in [-0.2, -0.15) is 0 Å². The van der Waals surface area contributed by atoms with Crippen molar-refractivity contribution in [3.63, 3.8) is 0 Å². The number of sulfonamides is 1. The van der Waals surface area contributed by atoms with Gasteiger partial charge in [-0.05, 0) is 76.1 Å². The number of carbonyl (C=O) groups is 2. The predicted octanol–water partition coefficient (Wildman–Crippen LogP) is 4.84. The summed E-state index contributed by atoms with van der Waals surface area (Å²) in [5, 5.41) is 2.81. The van der Waals surface area contributed by atoms with Gasteiger partial charge in [-0.25, -0.2) is 8.42 Å². The van der Waals surface area contributed by atoms with Crippen molar-refractivity contribution in [3.8, 4) is 5.75 Å². The number of amides is 2. The Bertz CT molecular complexity index is 1370. The van der Waals surface area contributed by atoms with Gasteiger partial charge < -0.3 is 15.0 Å². The van der Waals surface area contributed by atoms with Crippen molar-refractivity contribution in [1.82, 2.24) is 10.2 Å². The number of ether oxygens (including phenoxy) is 1. The second-order valence-corrected chi connectivity index (χ2v) is 11.4. The molecular weight excluding hydrogens is 526 g/mol. The highest BCUT2D eigenvalue weighted by atomic mass is 32.2. The van der Waals surface area contributed by atoms with Gasteiger partial charge in [-0.1, -0.05) is 54.4 Å². The summed E-state index contributed by atoms with van der Waals surface area (Å²) < 4.78 is 34.5. The Kier molecular flexibility index (Phi) is 10.7. The third-order valence-corrected chi connectivity index (χ3v) is 8.32. The first-order chi connectivity index (χ1) is 19.1. The van der Waals surface area contributed by atoms with Crippen molar-refractivity contribution in [3.05, 3.63) is 89.5 Å². The summed E-state index contributed by atoms with van der Waals surface area (Å²) in [6, 6.07) is 20.0. The number of hydrogen-bond donors (Lipinski definition) is 1. The zero-order valence-electron chi connectivity index (χ0n) is 23.9. The second kappa shape index (κ2) is 14.0. The molecule has 3 rings (SSSR count). The maximum absolute atomic E-state index is 14.0. The molecule has 0 aliphatic heterocycles. The molecule has 1 N–H and O–H groups in total. The normalized spacial score (nSPS) is 11.9. The van der Waals surface area contributed by atoms with Gasteiger partial charge in [0, 0.05) is 13.1 Å². The minimum Gasteiger partial charge on any atom is -0.494 e. The lowest BCUT2D eigenvalue weighted by atomic mass is 10.1. The van der Waals surface area contributed by atoms with E-state index in [-0.39, 0.29) is 17.3 Å². The maximum atomic E-state index is 14.0. The maximum Gasteiger partial charge on any atom is 0.264 e. The van der Waals surface area contributed by atoms with Crippen LogP contribution in [0.15, 0.2) is 77.7 Å². The summed E-state index contributed by atoms with van der Waals surface area (Å²) in [6.07, 6.45) is 0.372. The third-order valence-electron chi connectivity index (χ3n) is 6.53. The average Bonchev–Trinajstić information content (AvgIpc) is 2.93. The molecule has 0 aliphatic rings. The highest BCUT2D eigenvalue weighted by Crippen LogP contribution is 2.27. The zero-order chi connectivity index (χ0) is 29.3. The molecule has 0 spiro atoms. The van der Waals surface area contributed by atoms with Crippen molar-refractivity contribution < 1.29 is 22.7 Å². The van der Waals surface area contributed by atoms with Crippen LogP contribution >= 0.6 is 0 Å². The van der Waals surface area contributed by atoms with Gasteiger partial charge in [0.05, 0.1) is 17.2 Å². The van der Waals surface area contributed by atoms with Gasteiger partial charge in [-0.15, -0.1) is 0 Å². The molecule has 3 aromatic carbocycles. The van der Waals surface area contributed by atoms with Crippen LogP contribution in [0, 0.1) is 13.8 Å². The Morgan fingerprint density at radius 3 is 1.95 bits per heavy atom. The van der Waals surface area contributed by atoms with Crippen molar-refractivity contribution in [2.24, 2.45) is 0 Å². The number of nitrogens with zero attached hydrogens (tertiary/aromatic N) is 2. The standard InChI is InChI=1S/C31H39N3O5S/c1-6-29(31(36)32-7-2)33(21-25-13-9-23(4)10-14-25)30(35)22-34(26-15-17-27(18-16-26)39-8-3)40(37,38)28-19-11-24(5)12-20-28/h9-20,29H,6-8,21-22H2,1-5H3,(H,32,36)/t29-/m0/s1. The van der Waals surface area contributed by atoms with Crippen molar-refractivity contribution >= 4 is 27.5 Å². The molecule has 0 fully saturated rings. The Hall–Kier alpha value is -3.85. The minimum absolute atomic E-state index is 0.0700. The van der Waals surface area contributed by atoms with E-state index in [0.29, 0.717) is 31.0 Å². The Balaban J connectivity index is 2.05. The lowest BCUT2D eigenvalue weighted by Crippen LogP contribution is -2.52. The van der Waals surface area contributed by atoms with Crippen LogP contribution in [-0.2, 0) is 26.2 Å². The predicted molar refractivity (Wildman–Crippen MR) is 158 cm³/mol. The minimum atomic E-state index is -4.12. The number of nitrogens with one attached hydrogen (secondary N) is 1. The zero-order valence-corrected chi connectivity index (χ0v) is 24.7. The van der Waals surface area contributed by atoms with E-state index >= 15 is 0 Å². The molecule has 9 heteroatoms. The van der Waals surface area contributed by atoms with Gasteiger partial charge in [0.1, 0.15) is 18.3 Å². The lowest BCUT2D eigenvalue weighted by Gasteiger charge is -2.33. The van der Waals surface area contributed by atoms with Crippen LogP contribution < -0.4 is 14.4 Å². The molecule has 0 saturated heterocycles. The summed E-state index contributed by atoms with van der Waals surface area (Å²) in [5.41, 5.74) is 3.15. The Morgan fingerprint density at radius 1 is 0.850 bits per heavy atom. The van der Waals surface area contributed by atoms with Crippen molar-refractivity contribution in [2.45, 2.75) is 58.5 Å². The Morgan fingerprint density at radius 2 is 1.43 bits per heavy atom. The first kappa shape index (κ1) is 30.7. The van der Waals surface area contributed by atoms with E-state index in [0.717, 1.165) is 21.0 Å². The number of carbonyl (C=O) groups excluding carboxylic acids is 2. The fraction of sp³-hybridized carbons (Fsp3) is 0.355. The third kappa shape index (κ3) is 7.63. The van der Waals surface area contributed by atoms with Gasteiger partial charge in [0.15, 0.2) is 0 Å². The van der Waals surface area contributed by atoms with Gasteiger partial charge >= 0.3 is 0 Å².